The Kier molecular flexibility index (Phi) is 4.59. The SMILES string of the molecule is C#CCN1CCC(Nc2cc([N+](=O)[O-])ccc2C)CC1. The molecule has 0 aliphatic carbocycles. The number of anilines is 1. The van der Waals surface area contributed by atoms with Crippen LogP contribution < -0.4 is 5.32 Å². The fourth-order valence-electron chi connectivity index (χ4n) is 2.46. The Labute approximate surface area is 119 Å². The smallest absolute Gasteiger partial charge is 0.271 e. The number of nitrogens with one attached hydrogen (secondary N) is 1. The highest BCUT2D eigenvalue weighted by atomic mass is 16.6. The lowest BCUT2D eigenvalue weighted by Crippen LogP contribution is -2.39. The molecule has 0 aromatic heterocycles. The van der Waals surface area contributed by atoms with Gasteiger partial charge in [-0.05, 0) is 25.3 Å². The Morgan fingerprint density at radius 3 is 2.80 bits per heavy atom. The molecule has 1 saturated heterocycles. The molecule has 5 nitrogen and oxygen atoms in total. The van der Waals surface area contributed by atoms with E-state index < -0.39 is 0 Å². The quantitative estimate of drug-likeness (QED) is 0.520. The summed E-state index contributed by atoms with van der Waals surface area (Å²) in [6.07, 6.45) is 7.32. The zero-order chi connectivity index (χ0) is 14.5. The maximum absolute atomic E-state index is 10.8. The molecule has 1 aromatic rings. The van der Waals surface area contributed by atoms with Gasteiger partial charge in [0.15, 0.2) is 0 Å². The monoisotopic (exact) mass is 273 g/mol. The van der Waals surface area contributed by atoms with Gasteiger partial charge in [-0.25, -0.2) is 0 Å². The first kappa shape index (κ1) is 14.4. The molecule has 0 amide bonds. The molecular formula is C15H19N3O2. The van der Waals surface area contributed by atoms with Crippen molar-refractivity contribution in [3.05, 3.63) is 33.9 Å². The minimum atomic E-state index is -0.361. The van der Waals surface area contributed by atoms with Crippen LogP contribution in [0.3, 0.4) is 0 Å². The summed E-state index contributed by atoms with van der Waals surface area (Å²) in [4.78, 5) is 12.7. The van der Waals surface area contributed by atoms with E-state index >= 15 is 0 Å². The minimum Gasteiger partial charge on any atom is -0.382 e. The summed E-state index contributed by atoms with van der Waals surface area (Å²) >= 11 is 0. The number of hydrogen-bond donors (Lipinski definition) is 1. The molecule has 1 fully saturated rings. The van der Waals surface area contributed by atoms with Crippen molar-refractivity contribution >= 4 is 11.4 Å². The largest absolute Gasteiger partial charge is 0.382 e. The second-order valence-corrected chi connectivity index (χ2v) is 5.16. The van der Waals surface area contributed by atoms with Gasteiger partial charge in [0.05, 0.1) is 11.5 Å². The van der Waals surface area contributed by atoms with Crippen LogP contribution >= 0.6 is 0 Å². The van der Waals surface area contributed by atoms with Crippen molar-refractivity contribution < 1.29 is 4.92 Å². The molecule has 106 valence electrons. The normalized spacial score (nSPS) is 16.6. The first-order valence-electron chi connectivity index (χ1n) is 6.77. The molecule has 5 heteroatoms. The van der Waals surface area contributed by atoms with Crippen LogP contribution in [0.4, 0.5) is 11.4 Å². The van der Waals surface area contributed by atoms with E-state index in [9.17, 15) is 10.1 Å². The number of terminal acetylenes is 1. The van der Waals surface area contributed by atoms with Crippen LogP contribution in [0.1, 0.15) is 18.4 Å². The summed E-state index contributed by atoms with van der Waals surface area (Å²) in [5.74, 6) is 2.66. The molecular weight excluding hydrogens is 254 g/mol. The zero-order valence-electron chi connectivity index (χ0n) is 11.6. The molecule has 1 aromatic carbocycles. The lowest BCUT2D eigenvalue weighted by atomic mass is 10.0. The van der Waals surface area contributed by atoms with Crippen LogP contribution in [0.15, 0.2) is 18.2 Å². The second kappa shape index (κ2) is 6.40. The van der Waals surface area contributed by atoms with E-state index in [1.807, 2.05) is 6.92 Å². The highest BCUT2D eigenvalue weighted by molar-refractivity contribution is 5.57. The molecule has 1 N–H and O–H groups in total. The van der Waals surface area contributed by atoms with Gasteiger partial charge in [-0.3, -0.25) is 15.0 Å². The predicted molar refractivity (Wildman–Crippen MR) is 79.8 cm³/mol. The van der Waals surface area contributed by atoms with Crippen molar-refractivity contribution in [1.82, 2.24) is 4.90 Å². The third kappa shape index (κ3) is 3.49. The van der Waals surface area contributed by atoms with Gasteiger partial charge in [0, 0.05) is 37.0 Å². The molecule has 0 unspecified atom stereocenters. The topological polar surface area (TPSA) is 58.4 Å². The van der Waals surface area contributed by atoms with E-state index in [1.54, 1.807) is 12.1 Å². The maximum atomic E-state index is 10.8. The van der Waals surface area contributed by atoms with Gasteiger partial charge in [0.1, 0.15) is 0 Å². The van der Waals surface area contributed by atoms with Gasteiger partial charge in [0.2, 0.25) is 0 Å². The van der Waals surface area contributed by atoms with Crippen LogP contribution in [-0.4, -0.2) is 35.5 Å². The van der Waals surface area contributed by atoms with Crippen molar-refractivity contribution in [2.24, 2.45) is 0 Å². The number of hydrogen-bond acceptors (Lipinski definition) is 4. The molecule has 1 aliphatic heterocycles. The summed E-state index contributed by atoms with van der Waals surface area (Å²) in [6.45, 7) is 4.59. The lowest BCUT2D eigenvalue weighted by Gasteiger charge is -2.31. The van der Waals surface area contributed by atoms with E-state index in [2.05, 4.69) is 16.1 Å². The van der Waals surface area contributed by atoms with Crippen LogP contribution in [-0.2, 0) is 0 Å². The Hall–Kier alpha value is -2.06. The summed E-state index contributed by atoms with van der Waals surface area (Å²) in [5, 5.41) is 14.2. The number of piperidine rings is 1. The van der Waals surface area contributed by atoms with Crippen molar-refractivity contribution in [3.8, 4) is 12.3 Å². The Morgan fingerprint density at radius 2 is 2.20 bits per heavy atom. The third-order valence-electron chi connectivity index (χ3n) is 3.69. The van der Waals surface area contributed by atoms with E-state index in [1.165, 1.54) is 6.07 Å². The number of nitrogens with zero attached hydrogens (tertiary/aromatic N) is 2. The Bertz CT molecular complexity index is 528. The highest BCUT2D eigenvalue weighted by Crippen LogP contribution is 2.24. The van der Waals surface area contributed by atoms with E-state index in [4.69, 9.17) is 6.42 Å². The van der Waals surface area contributed by atoms with Gasteiger partial charge in [-0.15, -0.1) is 6.42 Å². The van der Waals surface area contributed by atoms with Crippen LogP contribution in [0.2, 0.25) is 0 Å². The summed E-state index contributed by atoms with van der Waals surface area (Å²) < 4.78 is 0. The number of benzene rings is 1. The number of likely N-dealkylation sites (tertiary alicyclic amines) is 1. The van der Waals surface area contributed by atoms with Gasteiger partial charge >= 0.3 is 0 Å². The van der Waals surface area contributed by atoms with Crippen molar-refractivity contribution in [1.29, 1.82) is 0 Å². The molecule has 2 rings (SSSR count). The summed E-state index contributed by atoms with van der Waals surface area (Å²) in [6, 6.07) is 5.29. The number of nitro groups is 1. The predicted octanol–water partition coefficient (Wildman–Crippen LogP) is 2.41. The third-order valence-corrected chi connectivity index (χ3v) is 3.69. The van der Waals surface area contributed by atoms with Crippen molar-refractivity contribution in [2.45, 2.75) is 25.8 Å². The maximum Gasteiger partial charge on any atom is 0.271 e. The van der Waals surface area contributed by atoms with E-state index in [0.29, 0.717) is 12.6 Å². The number of aryl methyl sites for hydroxylation is 1. The summed E-state index contributed by atoms with van der Waals surface area (Å²) in [5.41, 5.74) is 2.01. The minimum absolute atomic E-state index is 0.128. The molecule has 0 radical (unpaired) electrons. The fourth-order valence-corrected chi connectivity index (χ4v) is 2.46. The molecule has 0 spiro atoms. The molecule has 0 saturated carbocycles. The van der Waals surface area contributed by atoms with Gasteiger partial charge in [0.25, 0.3) is 5.69 Å². The summed E-state index contributed by atoms with van der Waals surface area (Å²) in [7, 11) is 0. The Balaban J connectivity index is 1.99. The fraction of sp³-hybridized carbons (Fsp3) is 0.467. The van der Waals surface area contributed by atoms with Crippen LogP contribution in [0, 0.1) is 29.4 Å². The zero-order valence-corrected chi connectivity index (χ0v) is 11.6. The molecule has 1 aliphatic rings. The van der Waals surface area contributed by atoms with E-state index in [0.717, 1.165) is 37.2 Å². The standard InChI is InChI=1S/C15H19N3O2/c1-3-8-17-9-6-13(7-10-17)16-15-11-14(18(19)20)5-4-12(15)2/h1,4-5,11,13,16H,6-10H2,2H3. The van der Waals surface area contributed by atoms with Crippen molar-refractivity contribution in [2.75, 3.05) is 25.0 Å². The first-order chi connectivity index (χ1) is 9.60. The number of nitro benzene ring substituents is 1. The molecule has 0 atom stereocenters. The van der Waals surface area contributed by atoms with E-state index in [-0.39, 0.29) is 10.6 Å². The first-order valence-corrected chi connectivity index (χ1v) is 6.77. The van der Waals surface area contributed by atoms with Gasteiger partial charge in [-0.2, -0.15) is 0 Å². The van der Waals surface area contributed by atoms with Gasteiger partial charge in [-0.1, -0.05) is 12.0 Å². The van der Waals surface area contributed by atoms with Crippen LogP contribution in [0.5, 0.6) is 0 Å². The number of non-ortho nitro benzene ring substituents is 1. The Morgan fingerprint density at radius 1 is 1.50 bits per heavy atom. The molecule has 20 heavy (non-hydrogen) atoms. The van der Waals surface area contributed by atoms with Gasteiger partial charge < -0.3 is 5.32 Å². The number of rotatable bonds is 4. The average Bonchev–Trinajstić information content (AvgIpc) is 2.43. The van der Waals surface area contributed by atoms with Crippen LogP contribution in [0.25, 0.3) is 0 Å². The highest BCUT2D eigenvalue weighted by Gasteiger charge is 2.19. The average molecular weight is 273 g/mol. The second-order valence-electron chi connectivity index (χ2n) is 5.16. The molecule has 0 bridgehead atoms. The lowest BCUT2D eigenvalue weighted by molar-refractivity contribution is -0.384. The molecule has 1 heterocycles. The van der Waals surface area contributed by atoms with Crippen molar-refractivity contribution in [3.63, 3.8) is 0 Å².